The number of aliphatic hydroxyl groups excluding tert-OH is 1. The van der Waals surface area contributed by atoms with E-state index >= 15 is 0 Å². The fourth-order valence-electron chi connectivity index (χ4n) is 1.33. The number of hydrogen-bond donors (Lipinski definition) is 3. The van der Waals surface area contributed by atoms with Gasteiger partial charge in [-0.1, -0.05) is 0 Å². The molecule has 2 amide bonds. The van der Waals surface area contributed by atoms with Crippen molar-refractivity contribution < 1.29 is 24.2 Å². The van der Waals surface area contributed by atoms with Gasteiger partial charge in [-0.15, -0.1) is 0 Å². The number of methoxy groups -OCH3 is 2. The third kappa shape index (κ3) is 4.14. The zero-order chi connectivity index (χ0) is 14.4. The largest absolute Gasteiger partial charge is 0.497 e. The van der Waals surface area contributed by atoms with Crippen molar-refractivity contribution in [2.24, 2.45) is 5.73 Å². The van der Waals surface area contributed by atoms with Crippen LogP contribution in [-0.4, -0.2) is 43.8 Å². The van der Waals surface area contributed by atoms with Crippen LogP contribution in [0.25, 0.3) is 0 Å². The minimum absolute atomic E-state index is 0.256. The molecule has 0 aliphatic carbocycles. The molecule has 0 saturated carbocycles. The van der Waals surface area contributed by atoms with Crippen LogP contribution in [-0.2, 0) is 4.79 Å². The standard InChI is InChI=1S/C12H16N2O5/c1-18-8-3-7(4-9(5-8)19-2)12(17)14-6-10(15)11(13)16/h3-5,10,15H,6H2,1-2H3,(H2,13,16)(H,14,17). The fraction of sp³-hybridized carbons (Fsp3) is 0.333. The molecule has 1 atom stereocenters. The lowest BCUT2D eigenvalue weighted by Crippen LogP contribution is -2.39. The average molecular weight is 268 g/mol. The molecule has 1 aromatic rings. The number of hydrogen-bond acceptors (Lipinski definition) is 5. The van der Waals surface area contributed by atoms with Gasteiger partial charge in [0.05, 0.1) is 20.8 Å². The van der Waals surface area contributed by atoms with Crippen molar-refractivity contribution in [1.29, 1.82) is 0 Å². The van der Waals surface area contributed by atoms with Crippen LogP contribution in [0.1, 0.15) is 10.4 Å². The first-order chi connectivity index (χ1) is 8.97. The number of primary amides is 1. The molecule has 0 heterocycles. The van der Waals surface area contributed by atoms with Crippen LogP contribution in [0.4, 0.5) is 0 Å². The first kappa shape index (κ1) is 14.8. The number of benzene rings is 1. The molecule has 7 heteroatoms. The van der Waals surface area contributed by atoms with Gasteiger partial charge in [0.25, 0.3) is 5.91 Å². The molecule has 0 saturated heterocycles. The number of rotatable bonds is 6. The van der Waals surface area contributed by atoms with Gasteiger partial charge in [-0.3, -0.25) is 9.59 Å². The summed E-state index contributed by atoms with van der Waals surface area (Å²) in [5.74, 6) is -0.457. The first-order valence-corrected chi connectivity index (χ1v) is 5.46. The Bertz CT molecular complexity index is 453. The van der Waals surface area contributed by atoms with Crippen LogP contribution >= 0.6 is 0 Å². The highest BCUT2D eigenvalue weighted by molar-refractivity contribution is 5.95. The van der Waals surface area contributed by atoms with Gasteiger partial charge in [-0.05, 0) is 12.1 Å². The summed E-state index contributed by atoms with van der Waals surface area (Å²) in [6.07, 6.45) is -1.42. The second kappa shape index (κ2) is 6.60. The Hall–Kier alpha value is -2.28. The summed E-state index contributed by atoms with van der Waals surface area (Å²) < 4.78 is 10.1. The number of ether oxygens (including phenoxy) is 2. The zero-order valence-electron chi connectivity index (χ0n) is 10.7. The van der Waals surface area contributed by atoms with Crippen LogP contribution in [0, 0.1) is 0 Å². The van der Waals surface area contributed by atoms with Crippen molar-refractivity contribution in [1.82, 2.24) is 5.32 Å². The maximum absolute atomic E-state index is 11.8. The van der Waals surface area contributed by atoms with Gasteiger partial charge in [0.2, 0.25) is 5.91 Å². The van der Waals surface area contributed by atoms with E-state index in [4.69, 9.17) is 15.2 Å². The van der Waals surface area contributed by atoms with Gasteiger partial charge >= 0.3 is 0 Å². The maximum Gasteiger partial charge on any atom is 0.251 e. The van der Waals surface area contributed by atoms with Gasteiger partial charge in [0.15, 0.2) is 0 Å². The molecule has 1 rings (SSSR count). The second-order valence-electron chi connectivity index (χ2n) is 3.73. The summed E-state index contributed by atoms with van der Waals surface area (Å²) in [7, 11) is 2.93. The topological polar surface area (TPSA) is 111 Å². The summed E-state index contributed by atoms with van der Waals surface area (Å²) in [6, 6.07) is 4.64. The van der Waals surface area contributed by atoms with Crippen molar-refractivity contribution in [2.45, 2.75) is 6.10 Å². The highest BCUT2D eigenvalue weighted by atomic mass is 16.5. The van der Waals surface area contributed by atoms with E-state index in [1.165, 1.54) is 26.4 Å². The van der Waals surface area contributed by atoms with Gasteiger partial charge in [-0.25, -0.2) is 0 Å². The number of nitrogens with one attached hydrogen (secondary N) is 1. The highest BCUT2D eigenvalue weighted by Crippen LogP contribution is 2.22. The van der Waals surface area contributed by atoms with Crippen LogP contribution in [0.5, 0.6) is 11.5 Å². The van der Waals surface area contributed by atoms with Gasteiger partial charge < -0.3 is 25.6 Å². The van der Waals surface area contributed by atoms with Crippen molar-refractivity contribution in [3.8, 4) is 11.5 Å². The second-order valence-corrected chi connectivity index (χ2v) is 3.73. The van der Waals surface area contributed by atoms with E-state index in [-0.39, 0.29) is 12.1 Å². The maximum atomic E-state index is 11.8. The molecule has 1 aromatic carbocycles. The molecule has 1 unspecified atom stereocenters. The summed E-state index contributed by atoms with van der Waals surface area (Å²) in [5, 5.41) is 11.6. The van der Waals surface area contributed by atoms with E-state index in [0.29, 0.717) is 11.5 Å². The molecule has 19 heavy (non-hydrogen) atoms. The molecule has 0 aliphatic heterocycles. The molecular formula is C12H16N2O5. The molecule has 0 aromatic heterocycles. The Morgan fingerprint density at radius 2 is 1.79 bits per heavy atom. The van der Waals surface area contributed by atoms with Crippen molar-refractivity contribution in [2.75, 3.05) is 20.8 Å². The van der Waals surface area contributed by atoms with Gasteiger partial charge in [-0.2, -0.15) is 0 Å². The Morgan fingerprint density at radius 1 is 1.26 bits per heavy atom. The molecule has 0 fully saturated rings. The summed E-state index contributed by atoms with van der Waals surface area (Å²) >= 11 is 0. The Balaban J connectivity index is 2.78. The predicted molar refractivity (Wildman–Crippen MR) is 67.1 cm³/mol. The molecule has 4 N–H and O–H groups in total. The van der Waals surface area contributed by atoms with E-state index < -0.39 is 17.9 Å². The van der Waals surface area contributed by atoms with E-state index in [2.05, 4.69) is 5.32 Å². The molecule has 7 nitrogen and oxygen atoms in total. The number of carbonyl (C=O) groups excluding carboxylic acids is 2. The van der Waals surface area contributed by atoms with E-state index in [1.54, 1.807) is 6.07 Å². The Morgan fingerprint density at radius 3 is 2.21 bits per heavy atom. The molecule has 0 aliphatic rings. The molecular weight excluding hydrogens is 252 g/mol. The number of aliphatic hydroxyl groups is 1. The Labute approximate surface area is 110 Å². The first-order valence-electron chi connectivity index (χ1n) is 5.46. The number of amides is 2. The van der Waals surface area contributed by atoms with Crippen molar-refractivity contribution >= 4 is 11.8 Å². The normalized spacial score (nSPS) is 11.5. The quantitative estimate of drug-likeness (QED) is 0.630. The smallest absolute Gasteiger partial charge is 0.251 e. The summed E-state index contributed by atoms with van der Waals surface area (Å²) in [6.45, 7) is -0.256. The lowest BCUT2D eigenvalue weighted by atomic mass is 10.2. The van der Waals surface area contributed by atoms with Crippen LogP contribution in [0.15, 0.2) is 18.2 Å². The van der Waals surface area contributed by atoms with Crippen LogP contribution < -0.4 is 20.5 Å². The third-order valence-electron chi connectivity index (χ3n) is 2.40. The van der Waals surface area contributed by atoms with E-state index in [9.17, 15) is 14.7 Å². The minimum atomic E-state index is -1.42. The predicted octanol–water partition coefficient (Wildman–Crippen LogP) is -0.720. The molecule has 0 spiro atoms. The van der Waals surface area contributed by atoms with Crippen LogP contribution in [0.3, 0.4) is 0 Å². The monoisotopic (exact) mass is 268 g/mol. The Kier molecular flexibility index (Phi) is 5.13. The number of nitrogens with two attached hydrogens (primary N) is 1. The fourth-order valence-corrected chi connectivity index (χ4v) is 1.33. The van der Waals surface area contributed by atoms with Crippen molar-refractivity contribution in [3.63, 3.8) is 0 Å². The van der Waals surface area contributed by atoms with Gasteiger partial charge in [0.1, 0.15) is 17.6 Å². The highest BCUT2D eigenvalue weighted by Gasteiger charge is 2.14. The summed E-state index contributed by atoms with van der Waals surface area (Å²) in [4.78, 5) is 22.5. The minimum Gasteiger partial charge on any atom is -0.497 e. The van der Waals surface area contributed by atoms with Crippen molar-refractivity contribution in [3.05, 3.63) is 23.8 Å². The average Bonchev–Trinajstić information content (AvgIpc) is 2.43. The SMILES string of the molecule is COc1cc(OC)cc(C(=O)NCC(O)C(N)=O)c1. The van der Waals surface area contributed by atoms with E-state index in [0.717, 1.165) is 0 Å². The lowest BCUT2D eigenvalue weighted by molar-refractivity contribution is -0.125. The zero-order valence-corrected chi connectivity index (χ0v) is 10.7. The van der Waals surface area contributed by atoms with E-state index in [1.807, 2.05) is 0 Å². The molecule has 0 radical (unpaired) electrons. The molecule has 0 bridgehead atoms. The third-order valence-corrected chi connectivity index (χ3v) is 2.40. The molecule has 104 valence electrons. The van der Waals surface area contributed by atoms with Crippen LogP contribution in [0.2, 0.25) is 0 Å². The number of carbonyl (C=O) groups is 2. The lowest BCUT2D eigenvalue weighted by Gasteiger charge is -2.10. The van der Waals surface area contributed by atoms with Gasteiger partial charge in [0, 0.05) is 11.6 Å². The summed E-state index contributed by atoms with van der Waals surface area (Å²) in [5.41, 5.74) is 5.16.